The van der Waals surface area contributed by atoms with Crippen molar-refractivity contribution in [2.24, 2.45) is 0 Å². The highest BCUT2D eigenvalue weighted by molar-refractivity contribution is 7.10. The van der Waals surface area contributed by atoms with Gasteiger partial charge in [0.15, 0.2) is 0 Å². The maximum absolute atomic E-state index is 3.76. The Morgan fingerprint density at radius 2 is 1.95 bits per heavy atom. The molecule has 0 spiro atoms. The third kappa shape index (κ3) is 4.71. The summed E-state index contributed by atoms with van der Waals surface area (Å²) < 4.78 is 0. The zero-order valence-corrected chi connectivity index (χ0v) is 15.2. The molecule has 0 saturated carbocycles. The van der Waals surface area contributed by atoms with E-state index in [4.69, 9.17) is 0 Å². The zero-order valence-electron chi connectivity index (χ0n) is 12.7. The summed E-state index contributed by atoms with van der Waals surface area (Å²) in [5.74, 6) is 0. The molecular formula is C17H24Cl2N2S. The molecule has 1 saturated heterocycles. The van der Waals surface area contributed by atoms with Crippen LogP contribution in [0.15, 0.2) is 41.8 Å². The van der Waals surface area contributed by atoms with E-state index in [2.05, 4.69) is 59.3 Å². The van der Waals surface area contributed by atoms with E-state index in [1.54, 1.807) is 0 Å². The molecule has 1 aromatic carbocycles. The standard InChI is InChI=1S/C17H22N2S.2ClH/c1-13-15(9-11-20-13)12-19-16-8-5-10-18-17(16)14-6-3-2-4-7-14;;/h2-4,6-7,9,11,16-19H,5,8,10,12H2,1H3;2*1H/t16-,17-;;/m0../s1. The lowest BCUT2D eigenvalue weighted by Crippen LogP contribution is -2.45. The predicted octanol–water partition coefficient (Wildman–Crippen LogP) is 4.48. The van der Waals surface area contributed by atoms with Gasteiger partial charge >= 0.3 is 0 Å². The summed E-state index contributed by atoms with van der Waals surface area (Å²) in [6.45, 7) is 4.30. The van der Waals surface area contributed by atoms with Gasteiger partial charge in [0, 0.05) is 23.5 Å². The molecule has 0 aliphatic carbocycles. The number of nitrogens with one attached hydrogen (secondary N) is 2. The molecule has 22 heavy (non-hydrogen) atoms. The molecule has 2 atom stereocenters. The van der Waals surface area contributed by atoms with E-state index in [1.165, 1.54) is 28.8 Å². The van der Waals surface area contributed by atoms with Crippen molar-refractivity contribution in [3.8, 4) is 0 Å². The van der Waals surface area contributed by atoms with Gasteiger partial charge in [-0.05, 0) is 48.9 Å². The van der Waals surface area contributed by atoms with Crippen LogP contribution in [0.5, 0.6) is 0 Å². The number of halogens is 2. The first-order valence-corrected chi connectivity index (χ1v) is 8.27. The van der Waals surface area contributed by atoms with Crippen LogP contribution in [0.4, 0.5) is 0 Å². The Kier molecular flexibility index (Phi) is 8.44. The summed E-state index contributed by atoms with van der Waals surface area (Å²) >= 11 is 1.83. The van der Waals surface area contributed by atoms with Gasteiger partial charge in [-0.3, -0.25) is 0 Å². The van der Waals surface area contributed by atoms with E-state index in [0.29, 0.717) is 12.1 Å². The van der Waals surface area contributed by atoms with E-state index in [9.17, 15) is 0 Å². The third-order valence-corrected chi connectivity index (χ3v) is 5.03. The monoisotopic (exact) mass is 358 g/mol. The Bertz CT molecular complexity index is 545. The van der Waals surface area contributed by atoms with Crippen LogP contribution in [0.1, 0.15) is 34.9 Å². The summed E-state index contributed by atoms with van der Waals surface area (Å²) in [4.78, 5) is 1.43. The SMILES string of the molecule is Cc1sccc1CN[C@H]1CCCN[C@H]1c1ccccc1.Cl.Cl. The summed E-state index contributed by atoms with van der Waals surface area (Å²) in [6.07, 6.45) is 2.50. The van der Waals surface area contributed by atoms with Gasteiger partial charge in [0.25, 0.3) is 0 Å². The highest BCUT2D eigenvalue weighted by Crippen LogP contribution is 2.24. The average molecular weight is 359 g/mol. The van der Waals surface area contributed by atoms with Gasteiger partial charge in [-0.1, -0.05) is 30.3 Å². The number of aryl methyl sites for hydroxylation is 1. The second-order valence-electron chi connectivity index (χ2n) is 5.47. The fourth-order valence-corrected chi connectivity index (χ4v) is 3.68. The van der Waals surface area contributed by atoms with Gasteiger partial charge in [-0.2, -0.15) is 0 Å². The van der Waals surface area contributed by atoms with Crippen LogP contribution < -0.4 is 10.6 Å². The summed E-state index contributed by atoms with van der Waals surface area (Å²) in [6, 6.07) is 14.0. The maximum Gasteiger partial charge on any atom is 0.0476 e. The summed E-state index contributed by atoms with van der Waals surface area (Å²) in [7, 11) is 0. The van der Waals surface area contributed by atoms with E-state index >= 15 is 0 Å². The molecule has 5 heteroatoms. The van der Waals surface area contributed by atoms with Crippen molar-refractivity contribution < 1.29 is 0 Å². The normalized spacial score (nSPS) is 20.8. The molecule has 1 fully saturated rings. The molecular weight excluding hydrogens is 335 g/mol. The van der Waals surface area contributed by atoms with Gasteiger partial charge < -0.3 is 10.6 Å². The van der Waals surface area contributed by atoms with Crippen molar-refractivity contribution in [2.75, 3.05) is 6.54 Å². The lowest BCUT2D eigenvalue weighted by molar-refractivity contribution is 0.304. The van der Waals surface area contributed by atoms with E-state index in [-0.39, 0.29) is 24.8 Å². The summed E-state index contributed by atoms with van der Waals surface area (Å²) in [5.41, 5.74) is 2.83. The molecule has 122 valence electrons. The Balaban J connectivity index is 0.00000121. The van der Waals surface area contributed by atoms with E-state index in [1.807, 2.05) is 11.3 Å². The molecule has 1 aromatic heterocycles. The van der Waals surface area contributed by atoms with E-state index < -0.39 is 0 Å². The van der Waals surface area contributed by atoms with Gasteiger partial charge in [-0.25, -0.2) is 0 Å². The lowest BCUT2D eigenvalue weighted by Gasteiger charge is -2.34. The van der Waals surface area contributed by atoms with Gasteiger partial charge in [-0.15, -0.1) is 36.2 Å². The number of thiophene rings is 1. The van der Waals surface area contributed by atoms with Crippen LogP contribution in [-0.4, -0.2) is 12.6 Å². The fourth-order valence-electron chi connectivity index (χ4n) is 2.95. The highest BCUT2D eigenvalue weighted by Gasteiger charge is 2.25. The maximum atomic E-state index is 3.76. The topological polar surface area (TPSA) is 24.1 Å². The Morgan fingerprint density at radius 1 is 1.18 bits per heavy atom. The minimum atomic E-state index is 0. The molecule has 0 bridgehead atoms. The van der Waals surface area contributed by atoms with Gasteiger partial charge in [0.05, 0.1) is 0 Å². The number of rotatable bonds is 4. The van der Waals surface area contributed by atoms with Crippen LogP contribution in [-0.2, 0) is 6.54 Å². The van der Waals surface area contributed by atoms with Crippen LogP contribution in [0.2, 0.25) is 0 Å². The Labute approximate surface area is 149 Å². The molecule has 3 rings (SSSR count). The van der Waals surface area contributed by atoms with Crippen LogP contribution >= 0.6 is 36.2 Å². The molecule has 2 heterocycles. The van der Waals surface area contributed by atoms with Crippen LogP contribution in [0.25, 0.3) is 0 Å². The second-order valence-corrected chi connectivity index (χ2v) is 6.59. The van der Waals surface area contributed by atoms with Crippen molar-refractivity contribution >= 4 is 36.2 Å². The smallest absolute Gasteiger partial charge is 0.0476 e. The quantitative estimate of drug-likeness (QED) is 0.841. The molecule has 0 unspecified atom stereocenters. The van der Waals surface area contributed by atoms with Crippen molar-refractivity contribution in [2.45, 2.75) is 38.4 Å². The molecule has 1 aliphatic rings. The Hall–Kier alpha value is -0.580. The number of hydrogen-bond acceptors (Lipinski definition) is 3. The van der Waals surface area contributed by atoms with Crippen molar-refractivity contribution in [1.82, 2.24) is 10.6 Å². The highest BCUT2D eigenvalue weighted by atomic mass is 35.5. The zero-order chi connectivity index (χ0) is 13.8. The third-order valence-electron chi connectivity index (χ3n) is 4.14. The lowest BCUT2D eigenvalue weighted by atomic mass is 9.92. The molecule has 2 N–H and O–H groups in total. The predicted molar refractivity (Wildman–Crippen MR) is 101 cm³/mol. The first-order chi connectivity index (χ1) is 9.84. The largest absolute Gasteiger partial charge is 0.309 e. The summed E-state index contributed by atoms with van der Waals surface area (Å²) in [5, 5.41) is 9.61. The van der Waals surface area contributed by atoms with Crippen LogP contribution in [0.3, 0.4) is 0 Å². The Morgan fingerprint density at radius 3 is 2.64 bits per heavy atom. The van der Waals surface area contributed by atoms with Gasteiger partial charge in [0.2, 0.25) is 0 Å². The molecule has 2 aromatic rings. The van der Waals surface area contributed by atoms with Crippen molar-refractivity contribution in [3.63, 3.8) is 0 Å². The second kappa shape index (κ2) is 9.53. The molecule has 2 nitrogen and oxygen atoms in total. The first kappa shape index (κ1) is 19.5. The number of hydrogen-bond donors (Lipinski definition) is 2. The number of benzene rings is 1. The number of piperidine rings is 1. The van der Waals surface area contributed by atoms with Crippen molar-refractivity contribution in [3.05, 3.63) is 57.8 Å². The minimum absolute atomic E-state index is 0. The fraction of sp³-hybridized carbons (Fsp3) is 0.412. The van der Waals surface area contributed by atoms with Crippen LogP contribution in [0, 0.1) is 6.92 Å². The molecule has 1 aliphatic heterocycles. The first-order valence-electron chi connectivity index (χ1n) is 7.39. The minimum Gasteiger partial charge on any atom is -0.309 e. The van der Waals surface area contributed by atoms with E-state index in [0.717, 1.165) is 13.1 Å². The van der Waals surface area contributed by atoms with Gasteiger partial charge in [0.1, 0.15) is 0 Å². The molecule has 0 amide bonds. The average Bonchev–Trinajstić information content (AvgIpc) is 2.92. The molecule has 0 radical (unpaired) electrons. The van der Waals surface area contributed by atoms with Crippen molar-refractivity contribution in [1.29, 1.82) is 0 Å².